The summed E-state index contributed by atoms with van der Waals surface area (Å²) in [5, 5.41) is 0.608. The van der Waals surface area contributed by atoms with Crippen molar-refractivity contribution in [1.29, 1.82) is 0 Å². The molecule has 1 heterocycles. The van der Waals surface area contributed by atoms with Gasteiger partial charge in [0.2, 0.25) is 0 Å². The first-order chi connectivity index (χ1) is 4.74. The Morgan fingerprint density at radius 2 is 2.40 bits per heavy atom. The Hall–Kier alpha value is -0.120. The molecule has 0 aliphatic carbocycles. The predicted molar refractivity (Wildman–Crippen MR) is 44.8 cm³/mol. The van der Waals surface area contributed by atoms with Crippen LogP contribution in [0.25, 0.3) is 0 Å². The van der Waals surface area contributed by atoms with Crippen LogP contribution in [0.1, 0.15) is 5.69 Å². The van der Waals surface area contributed by atoms with E-state index in [1.165, 1.54) is 0 Å². The minimum atomic E-state index is 0.381. The summed E-state index contributed by atoms with van der Waals surface area (Å²) in [6, 6.07) is 1.77. The van der Waals surface area contributed by atoms with Gasteiger partial charge in [0.05, 0.1) is 10.7 Å². The molecule has 0 fully saturated rings. The van der Waals surface area contributed by atoms with Gasteiger partial charge in [0.1, 0.15) is 0 Å². The van der Waals surface area contributed by atoms with Crippen LogP contribution >= 0.6 is 27.5 Å². The van der Waals surface area contributed by atoms with E-state index in [-0.39, 0.29) is 0 Å². The maximum Gasteiger partial charge on any atom is 0.0726 e. The average Bonchev–Trinajstić information content (AvgIpc) is 1.88. The molecule has 2 N–H and O–H groups in total. The van der Waals surface area contributed by atoms with Crippen LogP contribution < -0.4 is 5.73 Å². The molecule has 0 aliphatic rings. The second kappa shape index (κ2) is 3.32. The second-order valence-electron chi connectivity index (χ2n) is 1.79. The summed E-state index contributed by atoms with van der Waals surface area (Å²) in [5.41, 5.74) is 6.07. The van der Waals surface area contributed by atoms with E-state index in [4.69, 9.17) is 17.3 Å². The van der Waals surface area contributed by atoms with E-state index in [2.05, 4.69) is 20.9 Å². The standard InChI is InChI=1S/C6H6BrClN2/c7-4-1-5(8)6(2-9)10-3-4/h1,3H,2,9H2. The van der Waals surface area contributed by atoms with Crippen LogP contribution in [0.2, 0.25) is 5.02 Å². The molecular weight excluding hydrogens is 215 g/mol. The second-order valence-corrected chi connectivity index (χ2v) is 3.11. The Morgan fingerprint density at radius 1 is 1.70 bits per heavy atom. The molecule has 1 aromatic heterocycles. The quantitative estimate of drug-likeness (QED) is 0.787. The van der Waals surface area contributed by atoms with E-state index in [0.29, 0.717) is 11.6 Å². The number of pyridine rings is 1. The van der Waals surface area contributed by atoms with Crippen molar-refractivity contribution in [3.63, 3.8) is 0 Å². The Labute approximate surface area is 72.5 Å². The summed E-state index contributed by atoms with van der Waals surface area (Å²) < 4.78 is 0.870. The third-order valence-electron chi connectivity index (χ3n) is 1.08. The van der Waals surface area contributed by atoms with Gasteiger partial charge in [-0.15, -0.1) is 0 Å². The first-order valence-electron chi connectivity index (χ1n) is 2.74. The van der Waals surface area contributed by atoms with Gasteiger partial charge >= 0.3 is 0 Å². The smallest absolute Gasteiger partial charge is 0.0726 e. The van der Waals surface area contributed by atoms with Crippen molar-refractivity contribution in [1.82, 2.24) is 4.98 Å². The average molecular weight is 221 g/mol. The van der Waals surface area contributed by atoms with Crippen LogP contribution in [-0.2, 0) is 6.54 Å². The third kappa shape index (κ3) is 1.68. The number of hydrogen-bond acceptors (Lipinski definition) is 2. The number of nitrogens with two attached hydrogens (primary N) is 1. The van der Waals surface area contributed by atoms with Gasteiger partial charge in [-0.25, -0.2) is 0 Å². The summed E-state index contributed by atoms with van der Waals surface area (Å²) in [7, 11) is 0. The minimum absolute atomic E-state index is 0.381. The fourth-order valence-corrected chi connectivity index (χ4v) is 1.30. The van der Waals surface area contributed by atoms with Gasteiger partial charge in [-0.1, -0.05) is 11.6 Å². The van der Waals surface area contributed by atoms with E-state index in [1.54, 1.807) is 12.3 Å². The van der Waals surface area contributed by atoms with E-state index in [1.807, 2.05) is 0 Å². The van der Waals surface area contributed by atoms with Gasteiger partial charge in [0.15, 0.2) is 0 Å². The van der Waals surface area contributed by atoms with E-state index < -0.39 is 0 Å². The molecule has 4 heteroatoms. The van der Waals surface area contributed by atoms with Crippen LogP contribution in [0.3, 0.4) is 0 Å². The lowest BCUT2D eigenvalue weighted by Gasteiger charge is -1.98. The zero-order chi connectivity index (χ0) is 7.56. The Morgan fingerprint density at radius 3 is 2.90 bits per heavy atom. The lowest BCUT2D eigenvalue weighted by Crippen LogP contribution is -1.99. The zero-order valence-electron chi connectivity index (χ0n) is 5.14. The first-order valence-corrected chi connectivity index (χ1v) is 3.91. The number of rotatable bonds is 1. The molecule has 2 nitrogen and oxygen atoms in total. The van der Waals surface area contributed by atoms with Crippen LogP contribution in [0.15, 0.2) is 16.7 Å². The Bertz CT molecular complexity index is 239. The third-order valence-corrected chi connectivity index (χ3v) is 1.84. The monoisotopic (exact) mass is 220 g/mol. The van der Waals surface area contributed by atoms with Crippen molar-refractivity contribution in [3.05, 3.63) is 27.5 Å². The van der Waals surface area contributed by atoms with E-state index >= 15 is 0 Å². The first kappa shape index (κ1) is 7.98. The Kier molecular flexibility index (Phi) is 2.65. The SMILES string of the molecule is NCc1ncc(Br)cc1Cl. The molecule has 0 bridgehead atoms. The molecule has 0 aliphatic heterocycles. The minimum Gasteiger partial charge on any atom is -0.325 e. The molecule has 0 radical (unpaired) electrons. The predicted octanol–water partition coefficient (Wildman–Crippen LogP) is 1.96. The molecule has 10 heavy (non-hydrogen) atoms. The highest BCUT2D eigenvalue weighted by Gasteiger charge is 1.98. The lowest BCUT2D eigenvalue weighted by atomic mass is 10.3. The Balaban J connectivity index is 3.07. The number of halogens is 2. The van der Waals surface area contributed by atoms with Gasteiger partial charge < -0.3 is 5.73 Å². The molecule has 0 amide bonds. The van der Waals surface area contributed by atoms with Crippen molar-refractivity contribution in [2.75, 3.05) is 0 Å². The summed E-state index contributed by atoms with van der Waals surface area (Å²) >= 11 is 8.99. The van der Waals surface area contributed by atoms with Crippen LogP contribution in [0, 0.1) is 0 Å². The van der Waals surface area contributed by atoms with Gasteiger partial charge in [0.25, 0.3) is 0 Å². The zero-order valence-corrected chi connectivity index (χ0v) is 7.48. The van der Waals surface area contributed by atoms with Crippen molar-refractivity contribution in [2.45, 2.75) is 6.54 Å². The molecule has 0 saturated heterocycles. The fraction of sp³-hybridized carbons (Fsp3) is 0.167. The number of hydrogen-bond donors (Lipinski definition) is 1. The number of nitrogens with zero attached hydrogens (tertiary/aromatic N) is 1. The lowest BCUT2D eigenvalue weighted by molar-refractivity contribution is 0.988. The fourth-order valence-electron chi connectivity index (χ4n) is 0.593. The van der Waals surface area contributed by atoms with Crippen molar-refractivity contribution in [2.24, 2.45) is 5.73 Å². The van der Waals surface area contributed by atoms with Crippen molar-refractivity contribution in [3.8, 4) is 0 Å². The van der Waals surface area contributed by atoms with Crippen molar-refractivity contribution < 1.29 is 0 Å². The molecular formula is C6H6BrClN2. The summed E-state index contributed by atoms with van der Waals surface area (Å²) in [5.74, 6) is 0. The van der Waals surface area contributed by atoms with E-state index in [9.17, 15) is 0 Å². The van der Waals surface area contributed by atoms with Crippen LogP contribution in [0.5, 0.6) is 0 Å². The summed E-state index contributed by atoms with van der Waals surface area (Å²) in [6.07, 6.45) is 1.67. The molecule has 0 saturated carbocycles. The molecule has 1 rings (SSSR count). The summed E-state index contributed by atoms with van der Waals surface area (Å²) in [6.45, 7) is 0.381. The molecule has 54 valence electrons. The van der Waals surface area contributed by atoms with Gasteiger partial charge in [-0.2, -0.15) is 0 Å². The molecule has 0 atom stereocenters. The molecule has 0 aromatic carbocycles. The molecule has 0 unspecified atom stereocenters. The number of aromatic nitrogens is 1. The van der Waals surface area contributed by atoms with Crippen molar-refractivity contribution >= 4 is 27.5 Å². The molecule has 0 spiro atoms. The highest BCUT2D eigenvalue weighted by atomic mass is 79.9. The maximum absolute atomic E-state index is 5.76. The van der Waals surface area contributed by atoms with Gasteiger partial charge in [-0.3, -0.25) is 4.98 Å². The maximum atomic E-state index is 5.76. The van der Waals surface area contributed by atoms with Crippen LogP contribution in [-0.4, -0.2) is 4.98 Å². The highest BCUT2D eigenvalue weighted by Crippen LogP contribution is 2.17. The van der Waals surface area contributed by atoms with E-state index in [0.717, 1.165) is 10.2 Å². The summed E-state index contributed by atoms with van der Waals surface area (Å²) in [4.78, 5) is 3.99. The van der Waals surface area contributed by atoms with Gasteiger partial charge in [-0.05, 0) is 22.0 Å². The highest BCUT2D eigenvalue weighted by molar-refractivity contribution is 9.10. The van der Waals surface area contributed by atoms with Crippen LogP contribution in [0.4, 0.5) is 0 Å². The topological polar surface area (TPSA) is 38.9 Å². The normalized spacial score (nSPS) is 9.90. The largest absolute Gasteiger partial charge is 0.325 e. The van der Waals surface area contributed by atoms with Gasteiger partial charge in [0, 0.05) is 17.2 Å². The molecule has 1 aromatic rings.